The maximum Gasteiger partial charge on any atom is 0.124 e. The van der Waals surface area contributed by atoms with Gasteiger partial charge in [0.25, 0.3) is 0 Å². The second-order valence-corrected chi connectivity index (χ2v) is 6.03. The lowest BCUT2D eigenvalue weighted by Crippen LogP contribution is -2.34. The van der Waals surface area contributed by atoms with Crippen LogP contribution in [-0.4, -0.2) is 17.7 Å². The maximum absolute atomic E-state index is 9.83. The highest BCUT2D eigenvalue weighted by Crippen LogP contribution is 2.38. The Morgan fingerprint density at radius 1 is 1.41 bits per heavy atom. The van der Waals surface area contributed by atoms with E-state index in [0.717, 1.165) is 11.9 Å². The lowest BCUT2D eigenvalue weighted by Gasteiger charge is -2.27. The molecule has 2 unspecified atom stereocenters. The second-order valence-electron chi connectivity index (χ2n) is 4.91. The average Bonchev–Trinajstić information content (AvgIpc) is 2.74. The molecule has 2 atom stereocenters. The van der Waals surface area contributed by atoms with Crippen molar-refractivity contribution >= 4 is 21.4 Å². The van der Waals surface area contributed by atoms with Gasteiger partial charge < -0.3 is 10.4 Å². The first kappa shape index (κ1) is 11.1. The lowest BCUT2D eigenvalue weighted by molar-refractivity contribution is 0.384. The standard InChI is InChI=1S/C14H17NOS/c1-9-7-10(5-6-15-9)14-8-11-12(16)3-2-4-13(11)17-14/h2-4,8-10,15-16H,5-7H2,1H3. The summed E-state index contributed by atoms with van der Waals surface area (Å²) in [7, 11) is 0. The average molecular weight is 247 g/mol. The third-order valence-corrected chi connectivity index (χ3v) is 4.85. The molecule has 17 heavy (non-hydrogen) atoms. The summed E-state index contributed by atoms with van der Waals surface area (Å²) in [6.07, 6.45) is 2.41. The summed E-state index contributed by atoms with van der Waals surface area (Å²) in [5, 5.41) is 14.3. The van der Waals surface area contributed by atoms with Gasteiger partial charge in [-0.2, -0.15) is 0 Å². The van der Waals surface area contributed by atoms with E-state index in [4.69, 9.17) is 0 Å². The Morgan fingerprint density at radius 3 is 3.06 bits per heavy atom. The van der Waals surface area contributed by atoms with E-state index < -0.39 is 0 Å². The molecule has 2 heterocycles. The Labute approximate surface area is 105 Å². The van der Waals surface area contributed by atoms with Gasteiger partial charge in [0.15, 0.2) is 0 Å². The second kappa shape index (κ2) is 4.31. The third kappa shape index (κ3) is 2.05. The summed E-state index contributed by atoms with van der Waals surface area (Å²) in [6, 6.07) is 8.56. The minimum atomic E-state index is 0.409. The first-order chi connectivity index (χ1) is 8.24. The number of piperidine rings is 1. The van der Waals surface area contributed by atoms with E-state index in [1.165, 1.54) is 22.4 Å². The molecule has 2 N–H and O–H groups in total. The molecule has 0 amide bonds. The van der Waals surface area contributed by atoms with E-state index in [1.54, 1.807) is 6.07 Å². The van der Waals surface area contributed by atoms with Crippen LogP contribution < -0.4 is 5.32 Å². The van der Waals surface area contributed by atoms with Gasteiger partial charge in [-0.3, -0.25) is 0 Å². The highest BCUT2D eigenvalue weighted by Gasteiger charge is 2.21. The zero-order valence-electron chi connectivity index (χ0n) is 9.94. The number of rotatable bonds is 1. The van der Waals surface area contributed by atoms with Crippen molar-refractivity contribution in [3.8, 4) is 5.75 Å². The van der Waals surface area contributed by atoms with Gasteiger partial charge in [-0.1, -0.05) is 6.07 Å². The minimum Gasteiger partial charge on any atom is -0.507 e. The fourth-order valence-electron chi connectivity index (χ4n) is 2.66. The van der Waals surface area contributed by atoms with Gasteiger partial charge in [0.1, 0.15) is 5.75 Å². The quantitative estimate of drug-likeness (QED) is 0.809. The van der Waals surface area contributed by atoms with E-state index in [2.05, 4.69) is 24.4 Å². The third-order valence-electron chi connectivity index (χ3n) is 3.58. The van der Waals surface area contributed by atoms with Gasteiger partial charge in [0, 0.05) is 21.0 Å². The van der Waals surface area contributed by atoms with Crippen LogP contribution in [0, 0.1) is 0 Å². The molecular formula is C14H17NOS. The number of fused-ring (bicyclic) bond motifs is 1. The Hall–Kier alpha value is -1.06. The van der Waals surface area contributed by atoms with Crippen LogP contribution in [-0.2, 0) is 0 Å². The molecule has 3 rings (SSSR count). The van der Waals surface area contributed by atoms with Gasteiger partial charge in [-0.05, 0) is 50.4 Å². The zero-order chi connectivity index (χ0) is 11.8. The fourth-order valence-corrected chi connectivity index (χ4v) is 3.89. The fraction of sp³-hybridized carbons (Fsp3) is 0.429. The molecule has 1 aliphatic rings. The molecule has 1 fully saturated rings. The molecule has 1 aromatic heterocycles. The number of thiophene rings is 1. The zero-order valence-corrected chi connectivity index (χ0v) is 10.8. The molecule has 3 heteroatoms. The molecule has 2 nitrogen and oxygen atoms in total. The van der Waals surface area contributed by atoms with Gasteiger partial charge in [0.2, 0.25) is 0 Å². The van der Waals surface area contributed by atoms with Crippen molar-refractivity contribution in [1.29, 1.82) is 0 Å². The minimum absolute atomic E-state index is 0.409. The van der Waals surface area contributed by atoms with Crippen LogP contribution in [0.4, 0.5) is 0 Å². The molecule has 1 aromatic carbocycles. The predicted octanol–water partition coefficient (Wildman–Crippen LogP) is 3.46. The topological polar surface area (TPSA) is 32.3 Å². The van der Waals surface area contributed by atoms with Crippen molar-refractivity contribution in [2.24, 2.45) is 0 Å². The molecule has 1 aliphatic heterocycles. The van der Waals surface area contributed by atoms with Crippen LogP contribution in [0.3, 0.4) is 0 Å². The van der Waals surface area contributed by atoms with E-state index in [-0.39, 0.29) is 0 Å². The van der Waals surface area contributed by atoms with Gasteiger partial charge >= 0.3 is 0 Å². The normalized spacial score (nSPS) is 25.2. The van der Waals surface area contributed by atoms with Crippen LogP contribution in [0.25, 0.3) is 10.1 Å². The van der Waals surface area contributed by atoms with Crippen molar-refractivity contribution in [3.63, 3.8) is 0 Å². The lowest BCUT2D eigenvalue weighted by atomic mass is 9.92. The molecule has 90 valence electrons. The largest absolute Gasteiger partial charge is 0.507 e. The number of hydrogen-bond donors (Lipinski definition) is 2. The Morgan fingerprint density at radius 2 is 2.29 bits per heavy atom. The molecule has 2 aromatic rings. The van der Waals surface area contributed by atoms with Crippen molar-refractivity contribution in [2.75, 3.05) is 6.54 Å². The summed E-state index contributed by atoms with van der Waals surface area (Å²) in [5.74, 6) is 1.06. The van der Waals surface area contributed by atoms with Crippen molar-refractivity contribution in [3.05, 3.63) is 29.1 Å². The smallest absolute Gasteiger partial charge is 0.124 e. The molecule has 0 radical (unpaired) electrons. The highest BCUT2D eigenvalue weighted by molar-refractivity contribution is 7.19. The molecule has 0 saturated carbocycles. The Bertz CT molecular complexity index is 534. The number of nitrogens with one attached hydrogen (secondary N) is 1. The number of phenolic OH excluding ortho intramolecular Hbond substituents is 1. The molecular weight excluding hydrogens is 230 g/mol. The molecule has 0 spiro atoms. The van der Waals surface area contributed by atoms with Crippen molar-refractivity contribution in [1.82, 2.24) is 5.32 Å². The van der Waals surface area contributed by atoms with E-state index in [0.29, 0.717) is 17.7 Å². The van der Waals surface area contributed by atoms with E-state index in [9.17, 15) is 5.11 Å². The molecule has 0 aliphatic carbocycles. The van der Waals surface area contributed by atoms with Gasteiger partial charge in [-0.15, -0.1) is 11.3 Å². The highest BCUT2D eigenvalue weighted by atomic mass is 32.1. The van der Waals surface area contributed by atoms with E-state index in [1.807, 2.05) is 17.4 Å². The molecule has 0 bridgehead atoms. The first-order valence-corrected chi connectivity index (χ1v) is 7.00. The number of phenols is 1. The monoisotopic (exact) mass is 247 g/mol. The van der Waals surface area contributed by atoms with Crippen LogP contribution >= 0.6 is 11.3 Å². The summed E-state index contributed by atoms with van der Waals surface area (Å²) in [4.78, 5) is 1.43. The first-order valence-electron chi connectivity index (χ1n) is 6.19. The number of aromatic hydroxyl groups is 1. The van der Waals surface area contributed by atoms with Crippen LogP contribution in [0.2, 0.25) is 0 Å². The van der Waals surface area contributed by atoms with Crippen LogP contribution in [0.15, 0.2) is 24.3 Å². The molecule has 1 saturated heterocycles. The number of benzene rings is 1. The Balaban J connectivity index is 1.97. The van der Waals surface area contributed by atoms with Crippen LogP contribution in [0.1, 0.15) is 30.6 Å². The van der Waals surface area contributed by atoms with Crippen molar-refractivity contribution in [2.45, 2.75) is 31.7 Å². The van der Waals surface area contributed by atoms with Gasteiger partial charge in [0.05, 0.1) is 0 Å². The summed E-state index contributed by atoms with van der Waals surface area (Å²) in [6.45, 7) is 3.35. The number of hydrogen-bond acceptors (Lipinski definition) is 3. The Kier molecular flexibility index (Phi) is 2.81. The summed E-state index contributed by atoms with van der Waals surface area (Å²) in [5.41, 5.74) is 0. The van der Waals surface area contributed by atoms with Gasteiger partial charge in [-0.25, -0.2) is 0 Å². The van der Waals surface area contributed by atoms with Crippen molar-refractivity contribution < 1.29 is 5.11 Å². The SMILES string of the molecule is CC1CC(c2cc3c(O)cccc3s2)CCN1. The van der Waals surface area contributed by atoms with Crippen LogP contribution in [0.5, 0.6) is 5.75 Å². The van der Waals surface area contributed by atoms with E-state index >= 15 is 0 Å². The summed E-state index contributed by atoms with van der Waals surface area (Å²) >= 11 is 1.83. The summed E-state index contributed by atoms with van der Waals surface area (Å²) < 4.78 is 1.20. The maximum atomic E-state index is 9.83. The predicted molar refractivity (Wildman–Crippen MR) is 72.9 cm³/mol.